The van der Waals surface area contributed by atoms with Crippen molar-refractivity contribution in [2.75, 3.05) is 20.2 Å². The lowest BCUT2D eigenvalue weighted by molar-refractivity contribution is -0.126. The van der Waals surface area contributed by atoms with E-state index in [4.69, 9.17) is 20.9 Å². The molecule has 0 unspecified atom stereocenters. The van der Waals surface area contributed by atoms with Gasteiger partial charge in [-0.25, -0.2) is 8.42 Å². The molecule has 11 heteroatoms. The number of hydrogen-bond donors (Lipinski definition) is 1. The molecule has 34 heavy (non-hydrogen) atoms. The maximum Gasteiger partial charge on any atom is 0.244 e. The first-order chi connectivity index (χ1) is 16.3. The van der Waals surface area contributed by atoms with Crippen LogP contribution in [0.15, 0.2) is 51.9 Å². The molecule has 1 amide bonds. The molecule has 2 heterocycles. The summed E-state index contributed by atoms with van der Waals surface area (Å²) in [5, 5.41) is 6.84. The van der Waals surface area contributed by atoms with Crippen molar-refractivity contribution in [1.29, 1.82) is 0 Å². The predicted octanol–water partition coefficient (Wildman–Crippen LogP) is 3.42. The number of amides is 1. The number of hydrogen-bond acceptors (Lipinski definition) is 7. The van der Waals surface area contributed by atoms with Crippen LogP contribution in [0.5, 0.6) is 5.75 Å². The van der Waals surface area contributed by atoms with E-state index in [-0.39, 0.29) is 28.2 Å². The maximum absolute atomic E-state index is 13.4. The van der Waals surface area contributed by atoms with E-state index in [9.17, 15) is 13.2 Å². The number of rotatable bonds is 7. The fraction of sp³-hybridized carbons (Fsp3) is 0.348. The second-order valence-electron chi connectivity index (χ2n) is 8.05. The molecule has 0 bridgehead atoms. The predicted molar refractivity (Wildman–Crippen MR) is 126 cm³/mol. The van der Waals surface area contributed by atoms with Gasteiger partial charge in [0, 0.05) is 32.1 Å². The lowest BCUT2D eigenvalue weighted by Gasteiger charge is -2.31. The van der Waals surface area contributed by atoms with Gasteiger partial charge in [0.1, 0.15) is 10.6 Å². The van der Waals surface area contributed by atoms with E-state index in [0.717, 1.165) is 11.3 Å². The van der Waals surface area contributed by atoms with Gasteiger partial charge in [0.2, 0.25) is 27.6 Å². The first-order valence-corrected chi connectivity index (χ1v) is 12.6. The molecule has 1 aliphatic heterocycles. The number of ether oxygens (including phenoxy) is 1. The topological polar surface area (TPSA) is 115 Å². The van der Waals surface area contributed by atoms with Gasteiger partial charge in [-0.2, -0.15) is 9.29 Å². The van der Waals surface area contributed by atoms with Crippen molar-refractivity contribution in [3.8, 4) is 17.1 Å². The second-order valence-corrected chi connectivity index (χ2v) is 10.4. The number of carbonyl (C=O) groups excluding carboxylic acids is 1. The Morgan fingerprint density at radius 2 is 2.03 bits per heavy atom. The quantitative estimate of drug-likeness (QED) is 0.524. The number of nitrogens with one attached hydrogen (secondary N) is 1. The smallest absolute Gasteiger partial charge is 0.244 e. The molecule has 0 radical (unpaired) electrons. The van der Waals surface area contributed by atoms with Gasteiger partial charge in [-0.3, -0.25) is 4.79 Å². The molecule has 3 aromatic rings. The van der Waals surface area contributed by atoms with Gasteiger partial charge in [0.25, 0.3) is 0 Å². The van der Waals surface area contributed by atoms with Crippen LogP contribution in [0.25, 0.3) is 11.4 Å². The van der Waals surface area contributed by atoms with Crippen molar-refractivity contribution in [3.05, 3.63) is 58.9 Å². The summed E-state index contributed by atoms with van der Waals surface area (Å²) in [7, 11) is -2.34. The first kappa shape index (κ1) is 24.2. The van der Waals surface area contributed by atoms with Crippen LogP contribution < -0.4 is 10.1 Å². The highest BCUT2D eigenvalue weighted by Gasteiger charge is 2.34. The molecule has 1 fully saturated rings. The fourth-order valence-corrected chi connectivity index (χ4v) is 5.87. The number of halogens is 1. The highest BCUT2D eigenvalue weighted by atomic mass is 35.5. The van der Waals surface area contributed by atoms with Crippen LogP contribution in [0.3, 0.4) is 0 Å². The van der Waals surface area contributed by atoms with Crippen molar-refractivity contribution in [3.63, 3.8) is 0 Å². The summed E-state index contributed by atoms with van der Waals surface area (Å²) in [6.07, 6.45) is 1.18. The van der Waals surface area contributed by atoms with Gasteiger partial charge in [-0.1, -0.05) is 28.9 Å². The normalized spacial score (nSPS) is 16.9. The summed E-state index contributed by atoms with van der Waals surface area (Å²) >= 11 is 6.27. The Balaban J connectivity index is 1.47. The Morgan fingerprint density at radius 3 is 2.71 bits per heavy atom. The molecule has 9 nitrogen and oxygen atoms in total. The van der Waals surface area contributed by atoms with Gasteiger partial charge in [-0.15, -0.1) is 0 Å². The van der Waals surface area contributed by atoms with Gasteiger partial charge < -0.3 is 14.6 Å². The van der Waals surface area contributed by atoms with E-state index in [2.05, 4.69) is 15.5 Å². The molecular formula is C23H25ClN4O5S. The van der Waals surface area contributed by atoms with E-state index in [1.165, 1.54) is 16.4 Å². The molecule has 0 saturated carbocycles. The Bertz CT molecular complexity index is 1280. The molecule has 1 N–H and O–H groups in total. The number of carbonyl (C=O) groups is 1. The summed E-state index contributed by atoms with van der Waals surface area (Å²) < 4.78 is 38.3. The van der Waals surface area contributed by atoms with Gasteiger partial charge in [-0.05, 0) is 48.7 Å². The Morgan fingerprint density at radius 1 is 1.26 bits per heavy atom. The zero-order chi connectivity index (χ0) is 24.3. The molecule has 4 rings (SSSR count). The number of aryl methyl sites for hydroxylation is 1. The SMILES string of the molecule is COc1ccc(CNC(=O)[C@H]2CCCN(S(=O)(=O)c3cc(-c4noc(C)n4)ccc3Cl)C2)cc1. The Kier molecular flexibility index (Phi) is 7.20. The molecule has 1 atom stereocenters. The summed E-state index contributed by atoms with van der Waals surface area (Å²) in [6.45, 7) is 2.40. The average Bonchev–Trinajstić information content (AvgIpc) is 3.29. The molecule has 0 spiro atoms. The molecule has 180 valence electrons. The minimum atomic E-state index is -3.94. The van der Waals surface area contributed by atoms with Crippen molar-refractivity contribution in [2.24, 2.45) is 5.92 Å². The zero-order valence-electron chi connectivity index (χ0n) is 18.8. The lowest BCUT2D eigenvalue weighted by atomic mass is 9.99. The van der Waals surface area contributed by atoms with E-state index in [0.29, 0.717) is 37.4 Å². The highest BCUT2D eigenvalue weighted by Crippen LogP contribution is 2.31. The Labute approximate surface area is 203 Å². The minimum absolute atomic E-state index is 0.0478. The largest absolute Gasteiger partial charge is 0.497 e. The molecular weight excluding hydrogens is 480 g/mol. The number of nitrogens with zero attached hydrogens (tertiary/aromatic N) is 3. The third-order valence-corrected chi connectivity index (χ3v) is 8.06. The van der Waals surface area contributed by atoms with E-state index in [1.54, 1.807) is 20.1 Å². The molecule has 1 saturated heterocycles. The number of piperidine rings is 1. The summed E-state index contributed by atoms with van der Waals surface area (Å²) in [4.78, 5) is 16.9. The maximum atomic E-state index is 13.4. The van der Waals surface area contributed by atoms with Crippen LogP contribution in [0.1, 0.15) is 24.3 Å². The third-order valence-electron chi connectivity index (χ3n) is 5.72. The number of aromatic nitrogens is 2. The number of benzene rings is 2. The van der Waals surface area contributed by atoms with Crippen LogP contribution in [-0.4, -0.2) is 49.0 Å². The molecule has 2 aromatic carbocycles. The third kappa shape index (κ3) is 5.24. The van der Waals surface area contributed by atoms with Crippen molar-refractivity contribution < 1.29 is 22.5 Å². The standard InChI is InChI=1S/C23H25ClN4O5S/c1-15-26-22(27-33-15)17-7-10-20(24)21(12-17)34(30,31)28-11-3-4-18(14-28)23(29)25-13-16-5-8-19(32-2)9-6-16/h5-10,12,18H,3-4,11,13-14H2,1-2H3,(H,25,29)/t18-/m0/s1. The second kappa shape index (κ2) is 10.1. The minimum Gasteiger partial charge on any atom is -0.497 e. The molecule has 1 aliphatic rings. The molecule has 1 aromatic heterocycles. The van der Waals surface area contributed by atoms with E-state index in [1.807, 2.05) is 24.3 Å². The van der Waals surface area contributed by atoms with Crippen molar-refractivity contribution in [2.45, 2.75) is 31.2 Å². The van der Waals surface area contributed by atoms with Crippen molar-refractivity contribution >= 4 is 27.5 Å². The monoisotopic (exact) mass is 504 g/mol. The zero-order valence-corrected chi connectivity index (χ0v) is 20.4. The summed E-state index contributed by atoms with van der Waals surface area (Å²) in [6, 6.07) is 12.0. The van der Waals surface area contributed by atoms with Crippen LogP contribution in [-0.2, 0) is 21.4 Å². The fourth-order valence-electron chi connectivity index (χ4n) is 3.85. The van der Waals surface area contributed by atoms with Crippen LogP contribution in [0, 0.1) is 12.8 Å². The Hall–Kier alpha value is -2.95. The van der Waals surface area contributed by atoms with Gasteiger partial charge >= 0.3 is 0 Å². The number of sulfonamides is 1. The summed E-state index contributed by atoms with van der Waals surface area (Å²) in [5.74, 6) is 0.746. The van der Waals surface area contributed by atoms with Gasteiger partial charge in [0.05, 0.1) is 18.1 Å². The van der Waals surface area contributed by atoms with Gasteiger partial charge in [0.15, 0.2) is 0 Å². The van der Waals surface area contributed by atoms with E-state index < -0.39 is 15.9 Å². The highest BCUT2D eigenvalue weighted by molar-refractivity contribution is 7.89. The van der Waals surface area contributed by atoms with E-state index >= 15 is 0 Å². The van der Waals surface area contributed by atoms with Crippen LogP contribution in [0.4, 0.5) is 0 Å². The van der Waals surface area contributed by atoms with Crippen molar-refractivity contribution in [1.82, 2.24) is 19.8 Å². The summed E-state index contributed by atoms with van der Waals surface area (Å²) in [5.41, 5.74) is 1.40. The first-order valence-electron chi connectivity index (χ1n) is 10.8. The molecule has 0 aliphatic carbocycles. The lowest BCUT2D eigenvalue weighted by Crippen LogP contribution is -2.45. The van der Waals surface area contributed by atoms with Crippen LogP contribution in [0.2, 0.25) is 5.02 Å². The number of methoxy groups -OCH3 is 1. The van der Waals surface area contributed by atoms with Crippen LogP contribution >= 0.6 is 11.6 Å². The average molecular weight is 505 g/mol.